The second kappa shape index (κ2) is 10.9. The van der Waals surface area contributed by atoms with Crippen molar-refractivity contribution in [3.05, 3.63) is 68.7 Å². The minimum absolute atomic E-state index is 0. The van der Waals surface area contributed by atoms with Crippen LogP contribution in [0.1, 0.15) is 71.6 Å². The summed E-state index contributed by atoms with van der Waals surface area (Å²) in [7, 11) is 0. The largest absolute Gasteiger partial charge is 0.417 e. The van der Waals surface area contributed by atoms with Crippen LogP contribution in [0.5, 0.6) is 0 Å². The van der Waals surface area contributed by atoms with Gasteiger partial charge in [0.05, 0.1) is 21.2 Å². The molecule has 0 spiro atoms. The molecule has 0 saturated carbocycles. The van der Waals surface area contributed by atoms with Gasteiger partial charge in [0.15, 0.2) is 0 Å². The third-order valence-corrected chi connectivity index (χ3v) is 7.24. The number of rotatable bonds is 4. The molecule has 2 unspecified atom stereocenters. The molecule has 2 heterocycles. The molecule has 0 radical (unpaired) electrons. The number of carbonyl (C=O) groups excluding carboxylic acids is 1. The molecule has 0 aromatic heterocycles. The average molecular weight is 522 g/mol. The van der Waals surface area contributed by atoms with E-state index < -0.39 is 22.7 Å². The van der Waals surface area contributed by atoms with E-state index in [1.54, 1.807) is 0 Å². The van der Waals surface area contributed by atoms with Crippen LogP contribution >= 0.6 is 35.6 Å². The van der Waals surface area contributed by atoms with E-state index >= 15 is 0 Å². The zero-order valence-electron chi connectivity index (χ0n) is 17.9. The van der Waals surface area contributed by atoms with Crippen LogP contribution in [0.15, 0.2) is 36.4 Å². The molecule has 2 aliphatic heterocycles. The smallest absolute Gasteiger partial charge is 0.348 e. The molecular weight excluding hydrogens is 496 g/mol. The molecule has 0 aliphatic carbocycles. The lowest BCUT2D eigenvalue weighted by Crippen LogP contribution is -2.44. The van der Waals surface area contributed by atoms with E-state index in [4.69, 9.17) is 23.2 Å². The van der Waals surface area contributed by atoms with Gasteiger partial charge in [-0.2, -0.15) is 13.2 Å². The molecular formula is C24H26Cl3F3N2O. The van der Waals surface area contributed by atoms with Crippen LogP contribution in [-0.4, -0.2) is 23.4 Å². The van der Waals surface area contributed by atoms with Gasteiger partial charge in [-0.15, -0.1) is 12.4 Å². The summed E-state index contributed by atoms with van der Waals surface area (Å²) in [6.07, 6.45) is 2.84. The fourth-order valence-electron chi connectivity index (χ4n) is 4.92. The Morgan fingerprint density at radius 2 is 1.70 bits per heavy atom. The Morgan fingerprint density at radius 3 is 2.39 bits per heavy atom. The van der Waals surface area contributed by atoms with Crippen molar-refractivity contribution >= 4 is 41.5 Å². The van der Waals surface area contributed by atoms with Crippen molar-refractivity contribution in [3.63, 3.8) is 0 Å². The number of alkyl halides is 3. The van der Waals surface area contributed by atoms with Gasteiger partial charge in [-0.3, -0.25) is 9.69 Å². The Hall–Kier alpha value is -1.47. The van der Waals surface area contributed by atoms with E-state index in [2.05, 4.69) is 22.3 Å². The van der Waals surface area contributed by atoms with Crippen molar-refractivity contribution in [2.75, 3.05) is 6.54 Å². The van der Waals surface area contributed by atoms with Crippen LogP contribution in [0.2, 0.25) is 10.0 Å². The maximum atomic E-state index is 13.1. The van der Waals surface area contributed by atoms with E-state index in [0.717, 1.165) is 30.7 Å². The van der Waals surface area contributed by atoms with Gasteiger partial charge < -0.3 is 5.32 Å². The number of fused-ring (bicyclic) bond motifs is 1. The molecule has 2 atom stereocenters. The highest BCUT2D eigenvalue weighted by Crippen LogP contribution is 2.39. The summed E-state index contributed by atoms with van der Waals surface area (Å²) in [4.78, 5) is 15.2. The van der Waals surface area contributed by atoms with E-state index in [1.165, 1.54) is 37.7 Å². The van der Waals surface area contributed by atoms with Gasteiger partial charge in [0.2, 0.25) is 0 Å². The highest BCUT2D eigenvalue weighted by Gasteiger charge is 2.36. The zero-order chi connectivity index (χ0) is 22.9. The van der Waals surface area contributed by atoms with Crippen molar-refractivity contribution in [3.8, 4) is 0 Å². The van der Waals surface area contributed by atoms with Gasteiger partial charge in [-0.05, 0) is 61.9 Å². The van der Waals surface area contributed by atoms with E-state index in [9.17, 15) is 18.0 Å². The molecule has 2 aromatic rings. The van der Waals surface area contributed by atoms with E-state index in [-0.39, 0.29) is 29.5 Å². The fraction of sp³-hybridized carbons (Fsp3) is 0.458. The highest BCUT2D eigenvalue weighted by molar-refractivity contribution is 6.40. The number of piperidine rings is 2. The van der Waals surface area contributed by atoms with Crippen LogP contribution in [-0.2, 0) is 12.7 Å². The Balaban J connectivity index is 0.00000306. The Labute approximate surface area is 208 Å². The van der Waals surface area contributed by atoms with Crippen LogP contribution in [0.25, 0.3) is 0 Å². The van der Waals surface area contributed by atoms with Gasteiger partial charge in [0, 0.05) is 18.6 Å². The lowest BCUT2D eigenvalue weighted by molar-refractivity contribution is -0.137. The highest BCUT2D eigenvalue weighted by atomic mass is 35.5. The topological polar surface area (TPSA) is 32.3 Å². The summed E-state index contributed by atoms with van der Waals surface area (Å²) in [6.45, 7) is 1.31. The first kappa shape index (κ1) is 26.1. The predicted octanol–water partition coefficient (Wildman–Crippen LogP) is 7.44. The molecule has 2 aliphatic rings. The number of amides is 1. The zero-order valence-corrected chi connectivity index (χ0v) is 20.3. The molecule has 1 amide bonds. The number of nitrogens with one attached hydrogen (secondary N) is 1. The minimum atomic E-state index is -4.67. The lowest BCUT2D eigenvalue weighted by Gasteiger charge is -2.45. The standard InChI is InChI=1S/C24H25Cl2F3N2O.ClH/c25-19-12-11-18(24(27,28)29)22(26)21(19)23(32)30-14-15-7-9-16(10-8-15)20-6-3-5-17-4-1-2-13-31(17)20;/h7-12,17,20H,1-6,13-14H2,(H,30,32);1H. The molecule has 2 fully saturated rings. The predicted molar refractivity (Wildman–Crippen MR) is 127 cm³/mol. The van der Waals surface area contributed by atoms with Gasteiger partial charge in [0.1, 0.15) is 0 Å². The van der Waals surface area contributed by atoms with Gasteiger partial charge in [0.25, 0.3) is 5.91 Å². The molecule has 1 N–H and O–H groups in total. The normalized spacial score (nSPS) is 21.1. The summed E-state index contributed by atoms with van der Waals surface area (Å²) in [5.74, 6) is -0.737. The van der Waals surface area contributed by atoms with Crippen LogP contribution < -0.4 is 5.32 Å². The minimum Gasteiger partial charge on any atom is -0.348 e. The maximum absolute atomic E-state index is 13.1. The second-order valence-electron chi connectivity index (χ2n) is 8.54. The third kappa shape index (κ3) is 5.79. The molecule has 33 heavy (non-hydrogen) atoms. The molecule has 180 valence electrons. The van der Waals surface area contributed by atoms with Crippen LogP contribution in [0.4, 0.5) is 13.2 Å². The summed E-state index contributed by atoms with van der Waals surface area (Å²) in [6, 6.07) is 11.0. The summed E-state index contributed by atoms with van der Waals surface area (Å²) < 4.78 is 39.3. The number of hydrogen-bond donors (Lipinski definition) is 1. The summed E-state index contributed by atoms with van der Waals surface area (Å²) in [5, 5.41) is 1.82. The first-order chi connectivity index (χ1) is 15.3. The van der Waals surface area contributed by atoms with Gasteiger partial charge in [-0.25, -0.2) is 0 Å². The Kier molecular flexibility index (Phi) is 8.60. The monoisotopic (exact) mass is 520 g/mol. The molecule has 2 saturated heterocycles. The maximum Gasteiger partial charge on any atom is 0.417 e. The molecule has 2 aromatic carbocycles. The molecule has 3 nitrogen and oxygen atoms in total. The average Bonchev–Trinajstić information content (AvgIpc) is 2.77. The Bertz CT molecular complexity index is 980. The lowest BCUT2D eigenvalue weighted by atomic mass is 9.86. The number of nitrogens with zero attached hydrogens (tertiary/aromatic N) is 1. The van der Waals surface area contributed by atoms with Crippen molar-refractivity contribution in [2.24, 2.45) is 0 Å². The summed E-state index contributed by atoms with van der Waals surface area (Å²) in [5.41, 5.74) is 0.683. The van der Waals surface area contributed by atoms with Crippen molar-refractivity contribution < 1.29 is 18.0 Å². The van der Waals surface area contributed by atoms with Crippen molar-refractivity contribution in [1.29, 1.82) is 0 Å². The van der Waals surface area contributed by atoms with E-state index in [1.807, 2.05) is 12.1 Å². The van der Waals surface area contributed by atoms with Gasteiger partial charge >= 0.3 is 6.18 Å². The number of hydrogen-bond acceptors (Lipinski definition) is 2. The first-order valence-corrected chi connectivity index (χ1v) is 11.7. The molecule has 0 bridgehead atoms. The number of benzene rings is 2. The molecule has 4 rings (SSSR count). The fourth-order valence-corrected chi connectivity index (χ4v) is 5.57. The van der Waals surface area contributed by atoms with Crippen molar-refractivity contribution in [2.45, 2.75) is 63.3 Å². The number of halogens is 6. The molecule has 9 heteroatoms. The van der Waals surface area contributed by atoms with Crippen LogP contribution in [0.3, 0.4) is 0 Å². The van der Waals surface area contributed by atoms with Crippen LogP contribution in [0, 0.1) is 0 Å². The SMILES string of the molecule is Cl.O=C(NCc1ccc(C2CCCC3CCCCN32)cc1)c1c(Cl)ccc(C(F)(F)F)c1Cl. The van der Waals surface area contributed by atoms with Crippen molar-refractivity contribution in [1.82, 2.24) is 10.2 Å². The summed E-state index contributed by atoms with van der Waals surface area (Å²) >= 11 is 11.8. The number of carbonyl (C=O) groups is 1. The first-order valence-electron chi connectivity index (χ1n) is 10.9. The third-order valence-electron chi connectivity index (χ3n) is 6.53. The van der Waals surface area contributed by atoms with E-state index in [0.29, 0.717) is 12.1 Å². The quantitative estimate of drug-likeness (QED) is 0.453. The second-order valence-corrected chi connectivity index (χ2v) is 9.33. The van der Waals surface area contributed by atoms with Gasteiger partial charge in [-0.1, -0.05) is 53.9 Å². The Morgan fingerprint density at radius 1 is 1.00 bits per heavy atom.